The van der Waals surface area contributed by atoms with E-state index in [9.17, 15) is 0 Å². The molecule has 2 bridgehead atoms. The number of fused-ring (bicyclic) bond motifs is 2. The topological polar surface area (TPSA) is 21.3 Å². The van der Waals surface area contributed by atoms with Crippen LogP contribution < -0.4 is 5.32 Å². The smallest absolute Gasteiger partial charge is 0.0464 e. The van der Waals surface area contributed by atoms with E-state index in [-0.39, 0.29) is 0 Å². The summed E-state index contributed by atoms with van der Waals surface area (Å²) in [5.41, 5.74) is 0. The molecule has 3 atom stereocenters. The monoisotopic (exact) mass is 169 g/mol. The van der Waals surface area contributed by atoms with Crippen LogP contribution in [-0.2, 0) is 4.74 Å². The molecular weight excluding hydrogens is 150 g/mol. The second kappa shape index (κ2) is 3.75. The fourth-order valence-electron chi connectivity index (χ4n) is 2.70. The van der Waals surface area contributed by atoms with Crippen molar-refractivity contribution in [2.45, 2.75) is 44.2 Å². The maximum Gasteiger partial charge on any atom is 0.0464 e. The SMILES string of the molecule is COCC[C@H]1C[C@H]2CC[C@@H](C1)N2. The molecule has 2 fully saturated rings. The van der Waals surface area contributed by atoms with Gasteiger partial charge in [-0.2, -0.15) is 0 Å². The second-order valence-corrected chi connectivity index (χ2v) is 4.26. The highest BCUT2D eigenvalue weighted by molar-refractivity contribution is 4.91. The van der Waals surface area contributed by atoms with E-state index in [1.807, 2.05) is 0 Å². The molecular formula is C10H19NO. The number of hydrogen-bond acceptors (Lipinski definition) is 2. The van der Waals surface area contributed by atoms with E-state index in [2.05, 4.69) is 5.32 Å². The van der Waals surface area contributed by atoms with Gasteiger partial charge in [0.2, 0.25) is 0 Å². The van der Waals surface area contributed by atoms with E-state index < -0.39 is 0 Å². The van der Waals surface area contributed by atoms with E-state index in [0.29, 0.717) is 0 Å². The van der Waals surface area contributed by atoms with Crippen molar-refractivity contribution in [1.82, 2.24) is 5.32 Å². The number of nitrogens with one attached hydrogen (secondary N) is 1. The van der Waals surface area contributed by atoms with E-state index in [1.165, 1.54) is 32.1 Å². The van der Waals surface area contributed by atoms with Crippen LogP contribution in [0.2, 0.25) is 0 Å². The van der Waals surface area contributed by atoms with Crippen molar-refractivity contribution in [3.63, 3.8) is 0 Å². The lowest BCUT2D eigenvalue weighted by Gasteiger charge is -2.28. The molecule has 0 amide bonds. The van der Waals surface area contributed by atoms with Gasteiger partial charge < -0.3 is 10.1 Å². The lowest BCUT2D eigenvalue weighted by molar-refractivity contribution is 0.159. The molecule has 0 saturated carbocycles. The van der Waals surface area contributed by atoms with Crippen molar-refractivity contribution in [3.8, 4) is 0 Å². The summed E-state index contributed by atoms with van der Waals surface area (Å²) in [7, 11) is 1.80. The molecule has 2 rings (SSSR count). The number of hydrogen-bond donors (Lipinski definition) is 1. The third-order valence-corrected chi connectivity index (χ3v) is 3.30. The Hall–Kier alpha value is -0.0800. The highest BCUT2D eigenvalue weighted by atomic mass is 16.5. The molecule has 0 aromatic heterocycles. The Morgan fingerprint density at radius 2 is 1.92 bits per heavy atom. The number of rotatable bonds is 3. The minimum absolute atomic E-state index is 0.839. The first-order valence-electron chi connectivity index (χ1n) is 5.13. The third kappa shape index (κ3) is 1.80. The Kier molecular flexibility index (Phi) is 2.66. The molecule has 2 heterocycles. The minimum Gasteiger partial charge on any atom is -0.385 e. The summed E-state index contributed by atoms with van der Waals surface area (Å²) in [4.78, 5) is 0. The fourth-order valence-corrected chi connectivity index (χ4v) is 2.70. The molecule has 2 heteroatoms. The summed E-state index contributed by atoms with van der Waals surface area (Å²) in [6.07, 6.45) is 6.87. The first-order valence-corrected chi connectivity index (χ1v) is 5.13. The maximum absolute atomic E-state index is 5.12. The zero-order valence-electron chi connectivity index (χ0n) is 7.88. The predicted octanol–water partition coefficient (Wildman–Crippen LogP) is 1.55. The van der Waals surface area contributed by atoms with Crippen molar-refractivity contribution < 1.29 is 4.74 Å². The predicted molar refractivity (Wildman–Crippen MR) is 49.2 cm³/mol. The normalized spacial score (nSPS) is 40.2. The molecule has 0 aliphatic carbocycles. The van der Waals surface area contributed by atoms with Gasteiger partial charge in [0.25, 0.3) is 0 Å². The maximum atomic E-state index is 5.12. The van der Waals surface area contributed by atoms with Crippen LogP contribution in [0.3, 0.4) is 0 Å². The summed E-state index contributed by atoms with van der Waals surface area (Å²) >= 11 is 0. The zero-order valence-corrected chi connectivity index (χ0v) is 7.88. The Labute approximate surface area is 74.7 Å². The Morgan fingerprint density at radius 3 is 2.50 bits per heavy atom. The molecule has 2 aliphatic heterocycles. The molecule has 0 aromatic carbocycles. The lowest BCUT2D eigenvalue weighted by atomic mass is 9.90. The highest BCUT2D eigenvalue weighted by Crippen LogP contribution is 2.32. The van der Waals surface area contributed by atoms with E-state index in [4.69, 9.17) is 4.74 Å². The quantitative estimate of drug-likeness (QED) is 0.692. The second-order valence-electron chi connectivity index (χ2n) is 4.26. The summed E-state index contributed by atoms with van der Waals surface area (Å²) in [5.74, 6) is 0.934. The van der Waals surface area contributed by atoms with Crippen LogP contribution in [0.1, 0.15) is 32.1 Å². The van der Waals surface area contributed by atoms with Crippen LogP contribution in [0.15, 0.2) is 0 Å². The van der Waals surface area contributed by atoms with Crippen LogP contribution in [0, 0.1) is 5.92 Å². The van der Waals surface area contributed by atoms with E-state index >= 15 is 0 Å². The van der Waals surface area contributed by atoms with Crippen LogP contribution in [0.5, 0.6) is 0 Å². The summed E-state index contributed by atoms with van der Waals surface area (Å²) < 4.78 is 5.12. The van der Waals surface area contributed by atoms with Crippen molar-refractivity contribution >= 4 is 0 Å². The first-order chi connectivity index (χ1) is 5.88. The van der Waals surface area contributed by atoms with Crippen molar-refractivity contribution in [2.24, 2.45) is 5.92 Å². The van der Waals surface area contributed by atoms with Gasteiger partial charge in [-0.15, -0.1) is 0 Å². The average Bonchev–Trinajstić information content (AvgIpc) is 2.42. The largest absolute Gasteiger partial charge is 0.385 e. The average molecular weight is 169 g/mol. The van der Waals surface area contributed by atoms with Gasteiger partial charge in [-0.3, -0.25) is 0 Å². The molecule has 1 N–H and O–H groups in total. The van der Waals surface area contributed by atoms with Crippen LogP contribution in [-0.4, -0.2) is 25.8 Å². The number of piperidine rings is 1. The van der Waals surface area contributed by atoms with Gasteiger partial charge in [-0.05, 0) is 38.0 Å². The van der Waals surface area contributed by atoms with Crippen molar-refractivity contribution in [3.05, 3.63) is 0 Å². The van der Waals surface area contributed by atoms with Crippen LogP contribution in [0.4, 0.5) is 0 Å². The molecule has 2 nitrogen and oxygen atoms in total. The van der Waals surface area contributed by atoms with Gasteiger partial charge >= 0.3 is 0 Å². The fraction of sp³-hybridized carbons (Fsp3) is 1.00. The van der Waals surface area contributed by atoms with Gasteiger partial charge in [0.05, 0.1) is 0 Å². The van der Waals surface area contributed by atoms with Gasteiger partial charge in [0.15, 0.2) is 0 Å². The molecule has 0 spiro atoms. The lowest BCUT2D eigenvalue weighted by Crippen LogP contribution is -2.38. The molecule has 0 radical (unpaired) electrons. The summed E-state index contributed by atoms with van der Waals surface area (Å²) in [6, 6.07) is 1.68. The van der Waals surface area contributed by atoms with Crippen LogP contribution in [0.25, 0.3) is 0 Å². The Morgan fingerprint density at radius 1 is 1.25 bits per heavy atom. The van der Waals surface area contributed by atoms with Crippen molar-refractivity contribution in [2.75, 3.05) is 13.7 Å². The summed E-state index contributed by atoms with van der Waals surface area (Å²) in [6.45, 7) is 0.949. The molecule has 0 aromatic rings. The molecule has 12 heavy (non-hydrogen) atoms. The Bertz CT molecular complexity index is 137. The molecule has 2 saturated heterocycles. The number of ether oxygens (including phenoxy) is 1. The van der Waals surface area contributed by atoms with Gasteiger partial charge in [-0.1, -0.05) is 0 Å². The van der Waals surface area contributed by atoms with Gasteiger partial charge in [-0.25, -0.2) is 0 Å². The Balaban J connectivity index is 1.78. The molecule has 0 unspecified atom stereocenters. The highest BCUT2D eigenvalue weighted by Gasteiger charge is 2.32. The van der Waals surface area contributed by atoms with E-state index in [0.717, 1.165) is 24.6 Å². The summed E-state index contributed by atoms with van der Waals surface area (Å²) in [5, 5.41) is 3.66. The van der Waals surface area contributed by atoms with Gasteiger partial charge in [0, 0.05) is 25.8 Å². The van der Waals surface area contributed by atoms with Crippen LogP contribution >= 0.6 is 0 Å². The van der Waals surface area contributed by atoms with Crippen molar-refractivity contribution in [1.29, 1.82) is 0 Å². The molecule has 70 valence electrons. The minimum atomic E-state index is 0.839. The number of methoxy groups -OCH3 is 1. The standard InChI is InChI=1S/C10H19NO/c1-12-5-4-8-6-9-2-3-10(7-8)11-9/h8-11H,2-7H2,1H3/t8-,9+,10-. The first kappa shape index (κ1) is 8.52. The molecule has 2 aliphatic rings. The van der Waals surface area contributed by atoms with E-state index in [1.54, 1.807) is 7.11 Å². The zero-order chi connectivity index (χ0) is 8.39. The van der Waals surface area contributed by atoms with Gasteiger partial charge in [0.1, 0.15) is 0 Å². The third-order valence-electron chi connectivity index (χ3n) is 3.30.